The van der Waals surface area contributed by atoms with Crippen molar-refractivity contribution >= 4 is 11.8 Å². The van der Waals surface area contributed by atoms with Crippen LogP contribution in [0.1, 0.15) is 24.0 Å². The van der Waals surface area contributed by atoms with E-state index in [1.165, 1.54) is 23.9 Å². The molecule has 5 heteroatoms. The maximum Gasteiger partial charge on any atom is 0.254 e. The van der Waals surface area contributed by atoms with Crippen LogP contribution in [0.3, 0.4) is 0 Å². The Bertz CT molecular complexity index is 640. The first-order valence-corrected chi connectivity index (χ1v) is 7.05. The molecule has 0 bridgehead atoms. The molecular weight excluding hydrogens is 263 g/mol. The summed E-state index contributed by atoms with van der Waals surface area (Å²) in [6.45, 7) is 3.77. The van der Waals surface area contributed by atoms with Crippen LogP contribution in [0, 0.1) is 12.7 Å². The number of H-pyrrole nitrogens is 1. The van der Waals surface area contributed by atoms with E-state index in [0.717, 1.165) is 16.2 Å². The molecule has 0 unspecified atom stereocenters. The largest absolute Gasteiger partial charge is 0.310 e. The first-order valence-electron chi connectivity index (χ1n) is 6.07. The number of benzene rings is 1. The van der Waals surface area contributed by atoms with Gasteiger partial charge in [0.15, 0.2) is 0 Å². The highest BCUT2D eigenvalue weighted by atomic mass is 32.2. The van der Waals surface area contributed by atoms with Gasteiger partial charge in [0.05, 0.1) is 5.75 Å². The molecule has 0 spiro atoms. The van der Waals surface area contributed by atoms with E-state index in [1.54, 1.807) is 6.07 Å². The van der Waals surface area contributed by atoms with Crippen molar-refractivity contribution in [3.8, 4) is 0 Å². The maximum atomic E-state index is 13.0. The Balaban J connectivity index is 2.14. The number of aromatic amines is 1. The number of aromatic nitrogens is 2. The van der Waals surface area contributed by atoms with Gasteiger partial charge in [0, 0.05) is 16.2 Å². The molecule has 0 fully saturated rings. The third-order valence-corrected chi connectivity index (χ3v) is 3.80. The fourth-order valence-corrected chi connectivity index (χ4v) is 2.67. The average molecular weight is 278 g/mol. The predicted octanol–water partition coefficient (Wildman–Crippen LogP) is 3.07. The molecule has 0 saturated carbocycles. The lowest BCUT2D eigenvalue weighted by Gasteiger charge is -2.05. The Morgan fingerprint density at radius 2 is 2.21 bits per heavy atom. The van der Waals surface area contributed by atoms with Crippen molar-refractivity contribution in [1.29, 1.82) is 0 Å². The second kappa shape index (κ2) is 6.02. The van der Waals surface area contributed by atoms with Crippen LogP contribution in [0.5, 0.6) is 0 Å². The Morgan fingerprint density at radius 1 is 1.42 bits per heavy atom. The van der Waals surface area contributed by atoms with Crippen LogP contribution in [0.25, 0.3) is 0 Å². The van der Waals surface area contributed by atoms with Gasteiger partial charge in [-0.3, -0.25) is 4.79 Å². The highest BCUT2D eigenvalue weighted by Crippen LogP contribution is 2.21. The molecule has 2 rings (SSSR count). The molecule has 3 nitrogen and oxygen atoms in total. The molecule has 100 valence electrons. The number of thioether (sulfide) groups is 1. The van der Waals surface area contributed by atoms with E-state index < -0.39 is 0 Å². The summed E-state index contributed by atoms with van der Waals surface area (Å²) in [5, 5.41) is 0. The molecule has 1 aromatic carbocycles. The van der Waals surface area contributed by atoms with Crippen LogP contribution in [0.2, 0.25) is 0 Å². The fourth-order valence-electron chi connectivity index (χ4n) is 1.86. The third-order valence-electron chi connectivity index (χ3n) is 2.80. The molecule has 0 aliphatic carbocycles. The van der Waals surface area contributed by atoms with Gasteiger partial charge in [-0.15, -0.1) is 11.8 Å². The first-order chi connectivity index (χ1) is 9.10. The minimum Gasteiger partial charge on any atom is -0.310 e. The topological polar surface area (TPSA) is 45.8 Å². The van der Waals surface area contributed by atoms with Crippen molar-refractivity contribution in [2.45, 2.75) is 30.9 Å². The van der Waals surface area contributed by atoms with Gasteiger partial charge in [0.2, 0.25) is 0 Å². The Morgan fingerprint density at radius 3 is 2.84 bits per heavy atom. The molecule has 1 heterocycles. The Kier molecular flexibility index (Phi) is 4.37. The molecule has 1 aromatic heterocycles. The molecule has 2 aromatic rings. The zero-order valence-electron chi connectivity index (χ0n) is 10.9. The zero-order chi connectivity index (χ0) is 13.8. The molecule has 0 atom stereocenters. The summed E-state index contributed by atoms with van der Waals surface area (Å²) in [6.07, 6.45) is 0.672. The van der Waals surface area contributed by atoms with Crippen LogP contribution in [0.4, 0.5) is 4.39 Å². The average Bonchev–Trinajstić information content (AvgIpc) is 2.36. The standard InChI is InChI=1S/C14H15FN2OS/c1-3-12-9(2)16-13(17-14(12)18)8-19-11-6-4-5-10(15)7-11/h4-7H,3,8H2,1-2H3,(H,16,17,18). The number of nitrogens with zero attached hydrogens (tertiary/aromatic N) is 1. The molecule has 0 radical (unpaired) electrons. The smallest absolute Gasteiger partial charge is 0.254 e. The van der Waals surface area contributed by atoms with E-state index in [-0.39, 0.29) is 11.4 Å². The highest BCUT2D eigenvalue weighted by molar-refractivity contribution is 7.98. The molecule has 0 aliphatic rings. The van der Waals surface area contributed by atoms with E-state index >= 15 is 0 Å². The van der Waals surface area contributed by atoms with Crippen molar-refractivity contribution in [3.63, 3.8) is 0 Å². The van der Waals surface area contributed by atoms with Crippen LogP contribution in [0.15, 0.2) is 34.0 Å². The van der Waals surface area contributed by atoms with Crippen molar-refractivity contribution in [2.24, 2.45) is 0 Å². The van der Waals surface area contributed by atoms with E-state index in [9.17, 15) is 9.18 Å². The normalized spacial score (nSPS) is 10.7. The predicted molar refractivity (Wildman–Crippen MR) is 74.9 cm³/mol. The van der Waals surface area contributed by atoms with E-state index in [0.29, 0.717) is 18.0 Å². The first kappa shape index (κ1) is 13.8. The van der Waals surface area contributed by atoms with Gasteiger partial charge in [-0.25, -0.2) is 9.37 Å². The molecule has 19 heavy (non-hydrogen) atoms. The second-order valence-electron chi connectivity index (χ2n) is 4.18. The number of halogens is 1. The molecule has 0 amide bonds. The molecule has 0 aliphatic heterocycles. The zero-order valence-corrected chi connectivity index (χ0v) is 11.7. The lowest BCUT2D eigenvalue weighted by atomic mass is 10.2. The Labute approximate surface area is 115 Å². The van der Waals surface area contributed by atoms with Crippen LogP contribution in [-0.4, -0.2) is 9.97 Å². The van der Waals surface area contributed by atoms with Gasteiger partial charge < -0.3 is 4.98 Å². The summed E-state index contributed by atoms with van der Waals surface area (Å²) in [5.74, 6) is 0.877. The number of nitrogens with one attached hydrogen (secondary N) is 1. The lowest BCUT2D eigenvalue weighted by molar-refractivity contribution is 0.624. The van der Waals surface area contributed by atoms with Gasteiger partial charge in [-0.2, -0.15) is 0 Å². The van der Waals surface area contributed by atoms with Gasteiger partial charge in [0.1, 0.15) is 11.6 Å². The molecule has 0 saturated heterocycles. The number of aryl methyl sites for hydroxylation is 1. The van der Waals surface area contributed by atoms with Gasteiger partial charge in [-0.1, -0.05) is 13.0 Å². The second-order valence-corrected chi connectivity index (χ2v) is 5.22. The monoisotopic (exact) mass is 278 g/mol. The third kappa shape index (κ3) is 3.44. The summed E-state index contributed by atoms with van der Waals surface area (Å²) in [7, 11) is 0. The van der Waals surface area contributed by atoms with Crippen LogP contribution >= 0.6 is 11.8 Å². The quantitative estimate of drug-likeness (QED) is 0.874. The van der Waals surface area contributed by atoms with E-state index in [1.807, 2.05) is 19.9 Å². The number of rotatable bonds is 4. The lowest BCUT2D eigenvalue weighted by Crippen LogP contribution is -2.18. The minimum absolute atomic E-state index is 0.0788. The number of hydrogen-bond donors (Lipinski definition) is 1. The summed E-state index contributed by atoms with van der Waals surface area (Å²) in [5.41, 5.74) is 1.41. The van der Waals surface area contributed by atoms with Gasteiger partial charge in [0.25, 0.3) is 5.56 Å². The van der Waals surface area contributed by atoms with E-state index in [2.05, 4.69) is 9.97 Å². The SMILES string of the molecule is CCc1c(C)nc(CSc2cccc(F)c2)[nH]c1=O. The fraction of sp³-hybridized carbons (Fsp3) is 0.286. The summed E-state index contributed by atoms with van der Waals surface area (Å²) in [6, 6.07) is 6.37. The van der Waals surface area contributed by atoms with Crippen molar-refractivity contribution in [3.05, 3.63) is 57.5 Å². The number of hydrogen-bond acceptors (Lipinski definition) is 3. The Hall–Kier alpha value is -1.62. The van der Waals surface area contributed by atoms with Crippen molar-refractivity contribution in [1.82, 2.24) is 9.97 Å². The highest BCUT2D eigenvalue weighted by Gasteiger charge is 2.06. The molecular formula is C14H15FN2OS. The van der Waals surface area contributed by atoms with Gasteiger partial charge in [-0.05, 0) is 31.5 Å². The molecule has 1 N–H and O–H groups in total. The van der Waals surface area contributed by atoms with Crippen molar-refractivity contribution < 1.29 is 4.39 Å². The summed E-state index contributed by atoms with van der Waals surface area (Å²) < 4.78 is 13.0. The van der Waals surface area contributed by atoms with E-state index in [4.69, 9.17) is 0 Å². The minimum atomic E-state index is -0.260. The maximum absolute atomic E-state index is 13.0. The van der Waals surface area contributed by atoms with Crippen LogP contribution < -0.4 is 5.56 Å². The van der Waals surface area contributed by atoms with Gasteiger partial charge >= 0.3 is 0 Å². The summed E-state index contributed by atoms with van der Waals surface area (Å²) in [4.78, 5) is 19.8. The van der Waals surface area contributed by atoms with Crippen LogP contribution in [-0.2, 0) is 12.2 Å². The summed E-state index contributed by atoms with van der Waals surface area (Å²) >= 11 is 1.45. The van der Waals surface area contributed by atoms with Crippen molar-refractivity contribution in [2.75, 3.05) is 0 Å².